The first-order chi connectivity index (χ1) is 11.6. The Morgan fingerprint density at radius 2 is 2.12 bits per heavy atom. The summed E-state index contributed by atoms with van der Waals surface area (Å²) < 4.78 is 5.48. The summed E-state index contributed by atoms with van der Waals surface area (Å²) in [5, 5.41) is 21.2. The van der Waals surface area contributed by atoms with E-state index in [1.54, 1.807) is 18.2 Å². The maximum Gasteiger partial charge on any atom is 0.310 e. The first-order valence-corrected chi connectivity index (χ1v) is 8.64. The average molecular weight is 335 g/mol. The van der Waals surface area contributed by atoms with E-state index in [0.29, 0.717) is 12.6 Å². The maximum atomic E-state index is 11.0. The number of piperidine rings is 1. The zero-order valence-electron chi connectivity index (χ0n) is 13.8. The van der Waals surface area contributed by atoms with Crippen molar-refractivity contribution in [1.29, 1.82) is 0 Å². The van der Waals surface area contributed by atoms with Crippen molar-refractivity contribution in [2.45, 2.75) is 31.4 Å². The molecule has 2 heterocycles. The van der Waals surface area contributed by atoms with Crippen LogP contribution in [0.25, 0.3) is 0 Å². The Morgan fingerprint density at radius 1 is 1.29 bits per heavy atom. The summed E-state index contributed by atoms with van der Waals surface area (Å²) >= 11 is 0. The number of fused-ring (bicyclic) bond motifs is 1. The van der Waals surface area contributed by atoms with E-state index in [9.17, 15) is 15.2 Å². The molecule has 0 saturated carbocycles. The van der Waals surface area contributed by atoms with Gasteiger partial charge in [-0.25, -0.2) is 0 Å². The van der Waals surface area contributed by atoms with E-state index in [4.69, 9.17) is 4.74 Å². The molecule has 0 radical (unpaired) electrons. The Hall–Kier alpha value is -1.70. The van der Waals surface area contributed by atoms with Crippen LogP contribution in [0.5, 0.6) is 5.75 Å². The highest BCUT2D eigenvalue weighted by Crippen LogP contribution is 2.26. The molecule has 2 aliphatic rings. The van der Waals surface area contributed by atoms with Gasteiger partial charge in [0.15, 0.2) is 5.75 Å². The number of aliphatic hydroxyl groups is 1. The largest absolute Gasteiger partial charge is 0.484 e. The zero-order valence-corrected chi connectivity index (χ0v) is 13.8. The third-order valence-corrected chi connectivity index (χ3v) is 4.88. The number of hydrogen-bond donors (Lipinski definition) is 1. The maximum absolute atomic E-state index is 11.0. The SMILES string of the molecule is O=[N+]([O-])c1ccccc1OC[C@@H](O)CN1CCN2CCCC[C@H]2C1. The minimum absolute atomic E-state index is 0.0652. The second-order valence-corrected chi connectivity index (χ2v) is 6.63. The summed E-state index contributed by atoms with van der Waals surface area (Å²) in [4.78, 5) is 15.3. The molecular formula is C17H25N3O4. The Bertz CT molecular complexity index is 569. The molecule has 3 rings (SSSR count). The normalized spacial score (nSPS) is 23.5. The smallest absolute Gasteiger partial charge is 0.310 e. The van der Waals surface area contributed by atoms with Crippen molar-refractivity contribution in [3.05, 3.63) is 34.4 Å². The van der Waals surface area contributed by atoms with E-state index in [2.05, 4.69) is 9.80 Å². The summed E-state index contributed by atoms with van der Waals surface area (Å²) in [6.07, 6.45) is 3.17. The van der Waals surface area contributed by atoms with E-state index in [1.165, 1.54) is 31.9 Å². The molecular weight excluding hydrogens is 310 g/mol. The van der Waals surface area contributed by atoms with Crippen molar-refractivity contribution in [3.8, 4) is 5.75 Å². The molecule has 7 heteroatoms. The van der Waals surface area contributed by atoms with E-state index in [-0.39, 0.29) is 18.0 Å². The first-order valence-electron chi connectivity index (χ1n) is 8.64. The van der Waals surface area contributed by atoms with Crippen molar-refractivity contribution in [2.75, 3.05) is 39.3 Å². The number of benzene rings is 1. The lowest BCUT2D eigenvalue weighted by Crippen LogP contribution is -2.56. The number of nitro benzene ring substituents is 1. The minimum atomic E-state index is -0.653. The van der Waals surface area contributed by atoms with Gasteiger partial charge in [0.2, 0.25) is 0 Å². The molecule has 2 atom stereocenters. The monoisotopic (exact) mass is 335 g/mol. The molecule has 0 unspecified atom stereocenters. The van der Waals surface area contributed by atoms with Crippen LogP contribution >= 0.6 is 0 Å². The molecule has 0 aliphatic carbocycles. The molecule has 2 fully saturated rings. The van der Waals surface area contributed by atoms with Crippen LogP contribution in [0.15, 0.2) is 24.3 Å². The topological polar surface area (TPSA) is 79.1 Å². The quantitative estimate of drug-likeness (QED) is 0.627. The van der Waals surface area contributed by atoms with Crippen LogP contribution in [0, 0.1) is 10.1 Å². The van der Waals surface area contributed by atoms with Crippen molar-refractivity contribution in [3.63, 3.8) is 0 Å². The van der Waals surface area contributed by atoms with Crippen LogP contribution in [0.4, 0.5) is 5.69 Å². The molecule has 7 nitrogen and oxygen atoms in total. The summed E-state index contributed by atoms with van der Waals surface area (Å²) in [5.74, 6) is 0.207. The molecule has 1 aromatic rings. The number of piperazine rings is 1. The highest BCUT2D eigenvalue weighted by molar-refractivity contribution is 5.45. The third-order valence-electron chi connectivity index (χ3n) is 4.88. The van der Waals surface area contributed by atoms with Gasteiger partial charge in [-0.15, -0.1) is 0 Å². The predicted molar refractivity (Wildman–Crippen MR) is 90.3 cm³/mol. The number of nitrogens with zero attached hydrogens (tertiary/aromatic N) is 3. The zero-order chi connectivity index (χ0) is 16.9. The number of para-hydroxylation sites is 2. The first kappa shape index (κ1) is 17.1. The van der Waals surface area contributed by atoms with Crippen LogP contribution in [-0.2, 0) is 0 Å². The van der Waals surface area contributed by atoms with Gasteiger partial charge >= 0.3 is 5.69 Å². The number of aliphatic hydroxyl groups excluding tert-OH is 1. The summed E-state index contributed by atoms with van der Waals surface area (Å²) in [6, 6.07) is 6.87. The lowest BCUT2D eigenvalue weighted by molar-refractivity contribution is -0.385. The van der Waals surface area contributed by atoms with Crippen LogP contribution in [-0.4, -0.2) is 71.3 Å². The van der Waals surface area contributed by atoms with E-state index in [1.807, 2.05) is 0 Å². The van der Waals surface area contributed by atoms with Crippen molar-refractivity contribution >= 4 is 5.69 Å². The van der Waals surface area contributed by atoms with E-state index < -0.39 is 11.0 Å². The summed E-state index contributed by atoms with van der Waals surface area (Å²) in [7, 11) is 0. The van der Waals surface area contributed by atoms with Crippen LogP contribution in [0.2, 0.25) is 0 Å². The van der Waals surface area contributed by atoms with Gasteiger partial charge in [0, 0.05) is 38.3 Å². The molecule has 2 saturated heterocycles. The van der Waals surface area contributed by atoms with Crippen molar-refractivity contribution < 1.29 is 14.8 Å². The molecule has 2 aliphatic heterocycles. The fourth-order valence-corrected chi connectivity index (χ4v) is 3.65. The molecule has 0 bridgehead atoms. The number of hydrogen-bond acceptors (Lipinski definition) is 6. The van der Waals surface area contributed by atoms with Gasteiger partial charge in [-0.05, 0) is 25.5 Å². The number of ether oxygens (including phenoxy) is 1. The minimum Gasteiger partial charge on any atom is -0.484 e. The third kappa shape index (κ3) is 4.23. The second kappa shape index (κ2) is 7.92. The predicted octanol–water partition coefficient (Wildman–Crippen LogP) is 1.50. The van der Waals surface area contributed by atoms with Gasteiger partial charge in [0.1, 0.15) is 12.7 Å². The average Bonchev–Trinajstić information content (AvgIpc) is 2.60. The van der Waals surface area contributed by atoms with Crippen LogP contribution in [0.3, 0.4) is 0 Å². The van der Waals surface area contributed by atoms with Crippen molar-refractivity contribution in [2.24, 2.45) is 0 Å². The van der Waals surface area contributed by atoms with Crippen molar-refractivity contribution in [1.82, 2.24) is 9.80 Å². The molecule has 24 heavy (non-hydrogen) atoms. The fourth-order valence-electron chi connectivity index (χ4n) is 3.65. The van der Waals surface area contributed by atoms with E-state index in [0.717, 1.165) is 19.6 Å². The lowest BCUT2D eigenvalue weighted by atomic mass is 9.99. The summed E-state index contributed by atoms with van der Waals surface area (Å²) in [5.41, 5.74) is -0.0690. The van der Waals surface area contributed by atoms with Gasteiger partial charge in [-0.2, -0.15) is 0 Å². The van der Waals surface area contributed by atoms with E-state index >= 15 is 0 Å². The molecule has 0 aromatic heterocycles. The summed E-state index contributed by atoms with van der Waals surface area (Å²) in [6.45, 7) is 4.81. The van der Waals surface area contributed by atoms with Gasteiger partial charge in [0.25, 0.3) is 0 Å². The Morgan fingerprint density at radius 3 is 2.96 bits per heavy atom. The van der Waals surface area contributed by atoms with Gasteiger partial charge in [0.05, 0.1) is 4.92 Å². The number of rotatable bonds is 6. The number of β-amino-alcohol motifs (C(OH)–C–C–N with tert-alkyl or cyclic N) is 1. The van der Waals surface area contributed by atoms with Crippen LogP contribution < -0.4 is 4.74 Å². The Kier molecular flexibility index (Phi) is 5.65. The Balaban J connectivity index is 1.48. The fraction of sp³-hybridized carbons (Fsp3) is 0.647. The van der Waals surface area contributed by atoms with Crippen LogP contribution in [0.1, 0.15) is 19.3 Å². The Labute approximate surface area is 142 Å². The highest BCUT2D eigenvalue weighted by Gasteiger charge is 2.29. The molecule has 1 N–H and O–H groups in total. The van der Waals surface area contributed by atoms with Gasteiger partial charge in [-0.3, -0.25) is 19.9 Å². The number of nitro groups is 1. The van der Waals surface area contributed by atoms with Gasteiger partial charge in [-0.1, -0.05) is 18.6 Å². The second-order valence-electron chi connectivity index (χ2n) is 6.63. The van der Waals surface area contributed by atoms with Gasteiger partial charge < -0.3 is 9.84 Å². The standard InChI is InChI=1S/C17H25N3O4/c21-15(13-24-17-7-2-1-6-16(17)20(22)23)12-18-9-10-19-8-4-3-5-14(19)11-18/h1-2,6-7,14-15,21H,3-5,8-13H2/t14-,15-/m0/s1. The molecule has 1 aromatic carbocycles. The molecule has 0 spiro atoms. The molecule has 132 valence electrons. The molecule has 0 amide bonds. The lowest BCUT2D eigenvalue weighted by Gasteiger charge is -2.44. The highest BCUT2D eigenvalue weighted by atomic mass is 16.6.